The fourth-order valence-corrected chi connectivity index (χ4v) is 5.41. The van der Waals surface area contributed by atoms with Crippen molar-refractivity contribution in [2.24, 2.45) is 5.92 Å². The molecule has 0 radical (unpaired) electrons. The van der Waals surface area contributed by atoms with E-state index in [1.54, 1.807) is 13.0 Å². The number of nitrogens with one attached hydrogen (secondary N) is 1. The Bertz CT molecular complexity index is 1280. The number of hydrogen-bond acceptors (Lipinski definition) is 12. The van der Waals surface area contributed by atoms with Gasteiger partial charge < -0.3 is 45.1 Å². The summed E-state index contributed by atoms with van der Waals surface area (Å²) in [4.78, 5) is 35.6. The first kappa shape index (κ1) is 31.3. The van der Waals surface area contributed by atoms with Crippen molar-refractivity contribution in [2.75, 3.05) is 26.4 Å². The normalized spacial score (nSPS) is 25.3. The van der Waals surface area contributed by atoms with E-state index < -0.39 is 49.3 Å². The monoisotopic (exact) mass is 581 g/mol. The summed E-state index contributed by atoms with van der Waals surface area (Å²) in [6.07, 6.45) is -5.86. The van der Waals surface area contributed by atoms with Crippen molar-refractivity contribution in [1.29, 1.82) is 0 Å². The lowest BCUT2D eigenvalue weighted by Crippen LogP contribution is -2.51. The van der Waals surface area contributed by atoms with Crippen LogP contribution in [0.1, 0.15) is 43.1 Å². The van der Waals surface area contributed by atoms with E-state index in [2.05, 4.69) is 5.32 Å². The lowest BCUT2D eigenvalue weighted by molar-refractivity contribution is -0.360. The van der Waals surface area contributed by atoms with E-state index in [-0.39, 0.29) is 36.7 Å². The molecule has 7 N–H and O–H groups in total. The number of carbonyl (C=O) groups is 1. The molecule has 41 heavy (non-hydrogen) atoms. The second kappa shape index (κ2) is 13.1. The van der Waals surface area contributed by atoms with Crippen molar-refractivity contribution in [3.63, 3.8) is 0 Å². The number of rotatable bonds is 13. The number of amides is 1. The standard InChI is InChI=1S/C28H39NO12/c1-14-7-19(32)18-9-16-10-22(41-38-13-21(34)25(37)24(36)20(33)12-31)28(2,5-3-15-8-23(35)29-11-15)40-26(16)17(4-6-30)27(18)39-14/h7,9,15,20-22,24-25,30-31,33-34,36-37H,3-6,8,10-13H2,1-2H3,(H,29,35)/t15-,20-,21+,22-,24-,25-,28-/m1/s1. The first-order chi connectivity index (χ1) is 19.5. The van der Waals surface area contributed by atoms with Crippen LogP contribution in [0.25, 0.3) is 11.0 Å². The van der Waals surface area contributed by atoms with Crippen LogP contribution in [-0.4, -0.2) is 99.0 Å². The Morgan fingerprint density at radius 2 is 1.83 bits per heavy atom. The fourth-order valence-electron chi connectivity index (χ4n) is 5.41. The summed E-state index contributed by atoms with van der Waals surface area (Å²) >= 11 is 0. The molecule has 228 valence electrons. The van der Waals surface area contributed by atoms with Crippen molar-refractivity contribution < 1.29 is 54.4 Å². The smallest absolute Gasteiger partial charge is 0.220 e. The van der Waals surface area contributed by atoms with Gasteiger partial charge in [0.2, 0.25) is 5.91 Å². The molecule has 1 saturated heterocycles. The number of ether oxygens (including phenoxy) is 1. The van der Waals surface area contributed by atoms with Crippen LogP contribution in [0.2, 0.25) is 0 Å². The van der Waals surface area contributed by atoms with Crippen LogP contribution in [0.5, 0.6) is 5.75 Å². The molecule has 1 aromatic carbocycles. The average molecular weight is 582 g/mol. The van der Waals surface area contributed by atoms with E-state index in [0.29, 0.717) is 59.4 Å². The molecule has 13 nitrogen and oxygen atoms in total. The highest BCUT2D eigenvalue weighted by Crippen LogP contribution is 2.43. The van der Waals surface area contributed by atoms with Crippen molar-refractivity contribution in [3.8, 4) is 5.75 Å². The third-order valence-corrected chi connectivity index (χ3v) is 7.91. The molecule has 13 heteroatoms. The van der Waals surface area contributed by atoms with Gasteiger partial charge in [-0.05, 0) is 44.2 Å². The SMILES string of the molecule is Cc1cc(=O)c2cc3c(c(CCO)c2o1)O[C@](C)(CC[C@H]1CNC(=O)C1)[C@H](OOC[C@H](O)[C@@H](O)[C@H](O)[C@H](O)CO)C3. The first-order valence-corrected chi connectivity index (χ1v) is 13.7. The number of benzene rings is 1. The fraction of sp³-hybridized carbons (Fsp3) is 0.643. The lowest BCUT2D eigenvalue weighted by atomic mass is 9.82. The van der Waals surface area contributed by atoms with E-state index in [9.17, 15) is 35.1 Å². The van der Waals surface area contributed by atoms with Gasteiger partial charge in [-0.15, -0.1) is 0 Å². The molecule has 1 fully saturated rings. The third-order valence-electron chi connectivity index (χ3n) is 7.91. The summed E-state index contributed by atoms with van der Waals surface area (Å²) in [6.45, 7) is 2.44. The van der Waals surface area contributed by atoms with Crippen LogP contribution in [0.3, 0.4) is 0 Å². The average Bonchev–Trinajstić information content (AvgIpc) is 3.36. The summed E-state index contributed by atoms with van der Waals surface area (Å²) in [5, 5.41) is 61.7. The molecule has 0 spiro atoms. The van der Waals surface area contributed by atoms with Gasteiger partial charge in [-0.1, -0.05) is 0 Å². The van der Waals surface area contributed by atoms with Crippen molar-refractivity contribution in [2.45, 2.75) is 82.1 Å². The maximum absolute atomic E-state index is 12.8. The summed E-state index contributed by atoms with van der Waals surface area (Å²) in [5.74, 6) is 0.969. The topological polar surface area (TPSA) is 208 Å². The summed E-state index contributed by atoms with van der Waals surface area (Å²) < 4.78 is 12.5. The van der Waals surface area contributed by atoms with E-state index in [4.69, 9.17) is 24.0 Å². The molecule has 0 bridgehead atoms. The second-order valence-electron chi connectivity index (χ2n) is 11.1. The van der Waals surface area contributed by atoms with Crippen LogP contribution in [0.15, 0.2) is 21.3 Å². The van der Waals surface area contributed by atoms with Gasteiger partial charge in [0.25, 0.3) is 0 Å². The van der Waals surface area contributed by atoms with Gasteiger partial charge in [-0.3, -0.25) is 9.59 Å². The Labute approximate surface area is 236 Å². The second-order valence-corrected chi connectivity index (χ2v) is 11.1. The lowest BCUT2D eigenvalue weighted by Gasteiger charge is -2.42. The molecule has 2 aliphatic rings. The Morgan fingerprint density at radius 1 is 1.10 bits per heavy atom. The van der Waals surface area contributed by atoms with Crippen LogP contribution < -0.4 is 15.5 Å². The Morgan fingerprint density at radius 3 is 2.49 bits per heavy atom. The zero-order valence-corrected chi connectivity index (χ0v) is 23.1. The first-order valence-electron chi connectivity index (χ1n) is 13.7. The third kappa shape index (κ3) is 6.89. The Kier molecular flexibility index (Phi) is 10.0. The highest BCUT2D eigenvalue weighted by atomic mass is 17.2. The molecular weight excluding hydrogens is 542 g/mol. The molecule has 0 unspecified atom stereocenters. The number of aliphatic hydroxyl groups excluding tert-OH is 6. The highest BCUT2D eigenvalue weighted by molar-refractivity contribution is 5.84. The zero-order valence-electron chi connectivity index (χ0n) is 23.1. The highest BCUT2D eigenvalue weighted by Gasteiger charge is 2.45. The van der Waals surface area contributed by atoms with E-state index in [1.807, 2.05) is 6.92 Å². The van der Waals surface area contributed by atoms with Gasteiger partial charge in [0.1, 0.15) is 59.8 Å². The van der Waals surface area contributed by atoms with Gasteiger partial charge in [-0.2, -0.15) is 0 Å². The predicted molar refractivity (Wildman–Crippen MR) is 143 cm³/mol. The van der Waals surface area contributed by atoms with Gasteiger partial charge >= 0.3 is 0 Å². The Hall–Kier alpha value is -2.62. The summed E-state index contributed by atoms with van der Waals surface area (Å²) in [7, 11) is 0. The maximum Gasteiger partial charge on any atom is 0.220 e. The summed E-state index contributed by atoms with van der Waals surface area (Å²) in [6, 6.07) is 3.05. The number of fused-ring (bicyclic) bond motifs is 2. The molecule has 7 atom stereocenters. The minimum Gasteiger partial charge on any atom is -0.484 e. The molecule has 0 saturated carbocycles. The van der Waals surface area contributed by atoms with E-state index >= 15 is 0 Å². The quantitative estimate of drug-likeness (QED) is 0.112. The van der Waals surface area contributed by atoms with Crippen molar-refractivity contribution in [1.82, 2.24) is 5.32 Å². The van der Waals surface area contributed by atoms with E-state index in [1.165, 1.54) is 6.07 Å². The predicted octanol–water partition coefficient (Wildman–Crippen LogP) is -1.00. The molecule has 1 amide bonds. The Balaban J connectivity index is 1.61. The van der Waals surface area contributed by atoms with Crippen LogP contribution in [0.4, 0.5) is 0 Å². The largest absolute Gasteiger partial charge is 0.484 e. The molecule has 1 aromatic heterocycles. The van der Waals surface area contributed by atoms with Crippen molar-refractivity contribution in [3.05, 3.63) is 39.2 Å². The molecule has 2 aliphatic heterocycles. The van der Waals surface area contributed by atoms with Gasteiger partial charge in [-0.25, -0.2) is 9.78 Å². The van der Waals surface area contributed by atoms with Gasteiger partial charge in [0.05, 0.1) is 12.0 Å². The number of hydrogen-bond donors (Lipinski definition) is 7. The zero-order chi connectivity index (χ0) is 29.9. The maximum atomic E-state index is 12.8. The molecule has 2 aromatic rings. The number of aliphatic hydroxyl groups is 6. The van der Waals surface area contributed by atoms with E-state index in [0.717, 1.165) is 0 Å². The van der Waals surface area contributed by atoms with Gasteiger partial charge in [0.15, 0.2) is 5.43 Å². The minimum absolute atomic E-state index is 0.0191. The number of aryl methyl sites for hydroxylation is 1. The van der Waals surface area contributed by atoms with Gasteiger partial charge in [0, 0.05) is 44.0 Å². The van der Waals surface area contributed by atoms with Crippen LogP contribution in [0, 0.1) is 12.8 Å². The molecular formula is C28H39NO12. The molecule has 4 rings (SSSR count). The minimum atomic E-state index is -1.82. The number of carbonyl (C=O) groups excluding carboxylic acids is 1. The van der Waals surface area contributed by atoms with Crippen LogP contribution in [-0.2, 0) is 27.4 Å². The summed E-state index contributed by atoms with van der Waals surface area (Å²) in [5.41, 5.74) is 0.262. The van der Waals surface area contributed by atoms with Crippen LogP contribution >= 0.6 is 0 Å². The van der Waals surface area contributed by atoms with Crippen molar-refractivity contribution >= 4 is 16.9 Å². The molecule has 0 aliphatic carbocycles. The molecule has 3 heterocycles.